The van der Waals surface area contributed by atoms with Crippen molar-refractivity contribution in [2.75, 3.05) is 13.1 Å². The number of hydrogen-bond acceptors (Lipinski definition) is 2. The first-order chi connectivity index (χ1) is 12.0. The van der Waals surface area contributed by atoms with E-state index in [0.29, 0.717) is 12.5 Å². The highest BCUT2D eigenvalue weighted by atomic mass is 16.2. The third-order valence-electron chi connectivity index (χ3n) is 4.87. The number of carbonyl (C=O) groups is 2. The first-order valence-electron chi connectivity index (χ1n) is 9.31. The topological polar surface area (TPSA) is 70.2 Å². The highest BCUT2D eigenvalue weighted by molar-refractivity contribution is 5.83. The van der Waals surface area contributed by atoms with Gasteiger partial charge in [0.2, 0.25) is 5.91 Å². The zero-order valence-electron chi connectivity index (χ0n) is 15.4. The fourth-order valence-electron chi connectivity index (χ4n) is 3.79. The lowest BCUT2D eigenvalue weighted by atomic mass is 9.78. The number of nitrogens with one attached hydrogen (secondary N) is 3. The Morgan fingerprint density at radius 2 is 1.72 bits per heavy atom. The third kappa shape index (κ3) is 6.77. The van der Waals surface area contributed by atoms with E-state index in [4.69, 9.17) is 0 Å². The van der Waals surface area contributed by atoms with Crippen LogP contribution in [0.2, 0.25) is 0 Å². The molecular formula is C20H31N3O2. The molecule has 3 amide bonds. The van der Waals surface area contributed by atoms with Gasteiger partial charge in [-0.1, -0.05) is 57.0 Å². The van der Waals surface area contributed by atoms with E-state index in [-0.39, 0.29) is 23.9 Å². The largest absolute Gasteiger partial charge is 0.354 e. The van der Waals surface area contributed by atoms with E-state index in [1.165, 1.54) is 25.7 Å². The van der Waals surface area contributed by atoms with Crippen molar-refractivity contribution in [2.24, 2.45) is 11.3 Å². The molecule has 25 heavy (non-hydrogen) atoms. The van der Waals surface area contributed by atoms with Crippen LogP contribution in [0, 0.1) is 11.3 Å². The van der Waals surface area contributed by atoms with Gasteiger partial charge in [0.25, 0.3) is 0 Å². The van der Waals surface area contributed by atoms with E-state index in [2.05, 4.69) is 29.8 Å². The Morgan fingerprint density at radius 3 is 2.36 bits per heavy atom. The maximum absolute atomic E-state index is 12.1. The summed E-state index contributed by atoms with van der Waals surface area (Å²) in [5, 5.41) is 8.39. The Kier molecular flexibility index (Phi) is 7.29. The lowest BCUT2D eigenvalue weighted by Crippen LogP contribution is -2.44. The number of carbonyl (C=O) groups excluding carboxylic acids is 2. The summed E-state index contributed by atoms with van der Waals surface area (Å²) in [6.07, 6.45) is 6.04. The molecule has 138 valence electrons. The molecule has 1 aromatic rings. The lowest BCUT2D eigenvalue weighted by molar-refractivity contribution is -0.120. The normalized spacial score (nSPS) is 15.8. The van der Waals surface area contributed by atoms with E-state index in [9.17, 15) is 9.59 Å². The van der Waals surface area contributed by atoms with Gasteiger partial charge in [-0.25, -0.2) is 4.79 Å². The van der Waals surface area contributed by atoms with Crippen molar-refractivity contribution in [3.63, 3.8) is 0 Å². The second kappa shape index (κ2) is 9.44. The van der Waals surface area contributed by atoms with Crippen molar-refractivity contribution in [1.29, 1.82) is 0 Å². The zero-order valence-corrected chi connectivity index (χ0v) is 15.4. The standard InChI is InChI=1S/C20H31N3O2/c1-16(2)12-20(10-6-7-11-20)15-23-18(24)14-22-19(25)21-13-17-8-4-3-5-9-17/h3-5,8-9,16H,6-7,10-15H2,1-2H3,(H,23,24)(H2,21,22,25). The van der Waals surface area contributed by atoms with Crippen LogP contribution in [0.1, 0.15) is 51.5 Å². The number of amides is 3. The quantitative estimate of drug-likeness (QED) is 0.677. The molecule has 1 aliphatic rings. The van der Waals surface area contributed by atoms with Crippen LogP contribution in [0.15, 0.2) is 30.3 Å². The fourth-order valence-corrected chi connectivity index (χ4v) is 3.79. The highest BCUT2D eigenvalue weighted by Gasteiger charge is 2.34. The van der Waals surface area contributed by atoms with Crippen LogP contribution in [-0.2, 0) is 11.3 Å². The third-order valence-corrected chi connectivity index (χ3v) is 4.87. The van der Waals surface area contributed by atoms with E-state index in [0.717, 1.165) is 18.5 Å². The minimum Gasteiger partial charge on any atom is -0.354 e. The first-order valence-corrected chi connectivity index (χ1v) is 9.31. The van der Waals surface area contributed by atoms with Gasteiger partial charge >= 0.3 is 6.03 Å². The molecule has 0 saturated heterocycles. The van der Waals surface area contributed by atoms with E-state index < -0.39 is 0 Å². The predicted octanol–water partition coefficient (Wildman–Crippen LogP) is 3.21. The molecule has 0 atom stereocenters. The molecule has 3 N–H and O–H groups in total. The average molecular weight is 345 g/mol. The molecule has 0 aliphatic heterocycles. The van der Waals surface area contributed by atoms with Gasteiger partial charge in [-0.05, 0) is 36.2 Å². The van der Waals surface area contributed by atoms with Crippen LogP contribution < -0.4 is 16.0 Å². The molecule has 2 rings (SSSR count). The van der Waals surface area contributed by atoms with Crippen LogP contribution in [0.4, 0.5) is 4.79 Å². The Bertz CT molecular complexity index is 551. The number of hydrogen-bond donors (Lipinski definition) is 3. The van der Waals surface area contributed by atoms with Crippen molar-refractivity contribution in [3.05, 3.63) is 35.9 Å². The van der Waals surface area contributed by atoms with Crippen LogP contribution in [0.5, 0.6) is 0 Å². The Hall–Kier alpha value is -2.04. The number of benzene rings is 1. The Balaban J connectivity index is 1.66. The van der Waals surface area contributed by atoms with Crippen molar-refractivity contribution in [3.8, 4) is 0 Å². The Morgan fingerprint density at radius 1 is 1.04 bits per heavy atom. The van der Waals surface area contributed by atoms with E-state index in [1.54, 1.807) is 0 Å². The SMILES string of the molecule is CC(C)CC1(CNC(=O)CNC(=O)NCc2ccccc2)CCCC1. The molecule has 0 radical (unpaired) electrons. The lowest BCUT2D eigenvalue weighted by Gasteiger charge is -2.31. The van der Waals surface area contributed by atoms with Gasteiger partial charge in [-0.3, -0.25) is 4.79 Å². The summed E-state index contributed by atoms with van der Waals surface area (Å²) in [4.78, 5) is 23.8. The van der Waals surface area contributed by atoms with Crippen LogP contribution in [-0.4, -0.2) is 25.0 Å². The highest BCUT2D eigenvalue weighted by Crippen LogP contribution is 2.42. The first kappa shape index (κ1) is 19.3. The smallest absolute Gasteiger partial charge is 0.315 e. The van der Waals surface area contributed by atoms with Gasteiger partial charge in [0.1, 0.15) is 0 Å². The number of rotatable bonds is 8. The van der Waals surface area contributed by atoms with Crippen molar-refractivity contribution in [1.82, 2.24) is 16.0 Å². The summed E-state index contributed by atoms with van der Waals surface area (Å²) >= 11 is 0. The maximum atomic E-state index is 12.1. The van der Waals surface area contributed by atoms with Gasteiger partial charge in [0.05, 0.1) is 6.54 Å². The van der Waals surface area contributed by atoms with Crippen LogP contribution in [0.25, 0.3) is 0 Å². The van der Waals surface area contributed by atoms with Crippen molar-refractivity contribution >= 4 is 11.9 Å². The minimum absolute atomic E-state index is 0.0123. The maximum Gasteiger partial charge on any atom is 0.315 e. The molecular weight excluding hydrogens is 314 g/mol. The van der Waals surface area contributed by atoms with Crippen LogP contribution >= 0.6 is 0 Å². The van der Waals surface area contributed by atoms with E-state index >= 15 is 0 Å². The summed E-state index contributed by atoms with van der Waals surface area (Å²) in [6.45, 7) is 5.66. The summed E-state index contributed by atoms with van der Waals surface area (Å²) in [7, 11) is 0. The van der Waals surface area contributed by atoms with Gasteiger partial charge < -0.3 is 16.0 Å². The van der Waals surface area contributed by atoms with Crippen molar-refractivity contribution < 1.29 is 9.59 Å². The molecule has 0 aromatic heterocycles. The Labute approximate surface area is 151 Å². The van der Waals surface area contributed by atoms with Gasteiger partial charge in [-0.2, -0.15) is 0 Å². The molecule has 0 heterocycles. The summed E-state index contributed by atoms with van der Waals surface area (Å²) in [5.41, 5.74) is 1.28. The molecule has 0 unspecified atom stereocenters. The molecule has 1 fully saturated rings. The number of urea groups is 1. The van der Waals surface area contributed by atoms with Gasteiger partial charge in [0.15, 0.2) is 0 Å². The van der Waals surface area contributed by atoms with Gasteiger partial charge in [-0.15, -0.1) is 0 Å². The minimum atomic E-state index is -0.322. The summed E-state index contributed by atoms with van der Waals surface area (Å²) in [5.74, 6) is 0.516. The summed E-state index contributed by atoms with van der Waals surface area (Å²) in [6, 6.07) is 9.36. The fraction of sp³-hybridized carbons (Fsp3) is 0.600. The molecule has 1 aromatic carbocycles. The van der Waals surface area contributed by atoms with E-state index in [1.807, 2.05) is 30.3 Å². The second-order valence-corrected chi connectivity index (χ2v) is 7.60. The van der Waals surface area contributed by atoms with Crippen LogP contribution in [0.3, 0.4) is 0 Å². The molecule has 0 bridgehead atoms. The predicted molar refractivity (Wildman–Crippen MR) is 100 cm³/mol. The summed E-state index contributed by atoms with van der Waals surface area (Å²) < 4.78 is 0. The van der Waals surface area contributed by atoms with Crippen molar-refractivity contribution in [2.45, 2.75) is 52.5 Å². The zero-order chi connectivity index (χ0) is 18.1. The molecule has 0 spiro atoms. The average Bonchev–Trinajstić information content (AvgIpc) is 3.05. The monoisotopic (exact) mass is 345 g/mol. The molecule has 1 aliphatic carbocycles. The molecule has 1 saturated carbocycles. The van der Waals surface area contributed by atoms with Gasteiger partial charge in [0, 0.05) is 13.1 Å². The molecule has 5 nitrogen and oxygen atoms in total. The second-order valence-electron chi connectivity index (χ2n) is 7.60. The molecule has 5 heteroatoms.